The third-order valence-corrected chi connectivity index (χ3v) is 6.49. The minimum atomic E-state index is -0.536. The van der Waals surface area contributed by atoms with Gasteiger partial charge in [-0.3, -0.25) is 9.48 Å². The summed E-state index contributed by atoms with van der Waals surface area (Å²) in [7, 11) is 1.78. The van der Waals surface area contributed by atoms with E-state index in [1.165, 1.54) is 12.1 Å². The summed E-state index contributed by atoms with van der Waals surface area (Å²) in [5, 5.41) is 7.76. The van der Waals surface area contributed by atoms with Gasteiger partial charge in [-0.05, 0) is 61.9 Å². The first-order chi connectivity index (χ1) is 14.4. The average Bonchev–Trinajstić information content (AvgIpc) is 3.11. The van der Waals surface area contributed by atoms with Crippen molar-refractivity contribution < 1.29 is 13.9 Å². The molecule has 2 aromatic rings. The van der Waals surface area contributed by atoms with Gasteiger partial charge in [-0.25, -0.2) is 4.39 Å². The van der Waals surface area contributed by atoms with E-state index in [1.807, 2.05) is 4.68 Å². The quantitative estimate of drug-likeness (QED) is 0.726. The summed E-state index contributed by atoms with van der Waals surface area (Å²) >= 11 is 0. The molecule has 1 aliphatic heterocycles. The second kappa shape index (κ2) is 8.73. The molecular formula is C22H30FN5O2. The van der Waals surface area contributed by atoms with E-state index in [0.717, 1.165) is 38.9 Å². The molecule has 2 fully saturated rings. The molecule has 0 radical (unpaired) electrons. The van der Waals surface area contributed by atoms with Crippen molar-refractivity contribution in [2.75, 3.05) is 32.1 Å². The molecular weight excluding hydrogens is 385 g/mol. The van der Waals surface area contributed by atoms with Crippen LogP contribution in [0.1, 0.15) is 42.6 Å². The Labute approximate surface area is 176 Å². The van der Waals surface area contributed by atoms with Crippen molar-refractivity contribution in [2.45, 2.75) is 38.3 Å². The minimum Gasteiger partial charge on any atom is -0.381 e. The maximum Gasteiger partial charge on any atom is 0.254 e. The van der Waals surface area contributed by atoms with Crippen LogP contribution >= 0.6 is 0 Å². The second-order valence-corrected chi connectivity index (χ2v) is 8.66. The van der Waals surface area contributed by atoms with Gasteiger partial charge < -0.3 is 20.7 Å². The fourth-order valence-corrected chi connectivity index (χ4v) is 4.51. The maximum absolute atomic E-state index is 13.2. The second-order valence-electron chi connectivity index (χ2n) is 8.66. The summed E-state index contributed by atoms with van der Waals surface area (Å²) in [6, 6.07) is 6.10. The van der Waals surface area contributed by atoms with Crippen LogP contribution in [0, 0.1) is 17.7 Å². The Bertz CT molecular complexity index is 878. The van der Waals surface area contributed by atoms with Crippen LogP contribution < -0.4 is 11.1 Å². The topological polar surface area (TPSA) is 85.4 Å². The van der Waals surface area contributed by atoms with E-state index in [9.17, 15) is 9.18 Å². The number of carbonyl (C=O) groups is 1. The Kier molecular flexibility index (Phi) is 6.06. The third kappa shape index (κ3) is 4.49. The van der Waals surface area contributed by atoms with Crippen molar-refractivity contribution in [1.29, 1.82) is 0 Å². The van der Waals surface area contributed by atoms with Crippen LogP contribution in [0.5, 0.6) is 0 Å². The summed E-state index contributed by atoms with van der Waals surface area (Å²) in [6.07, 6.45) is 5.50. The Balaban J connectivity index is 1.48. The molecule has 8 heteroatoms. The van der Waals surface area contributed by atoms with Crippen molar-refractivity contribution in [3.63, 3.8) is 0 Å². The van der Waals surface area contributed by atoms with Gasteiger partial charge in [0.15, 0.2) is 5.82 Å². The number of likely N-dealkylation sites (tertiary alicyclic amines) is 1. The van der Waals surface area contributed by atoms with Crippen molar-refractivity contribution >= 4 is 17.4 Å². The largest absolute Gasteiger partial charge is 0.381 e. The maximum atomic E-state index is 13.2. The first-order valence-electron chi connectivity index (χ1n) is 10.6. The van der Waals surface area contributed by atoms with Gasteiger partial charge in [-0.15, -0.1) is 0 Å². The predicted molar refractivity (Wildman–Crippen MR) is 113 cm³/mol. The number of rotatable bonds is 7. The number of benzene rings is 1. The van der Waals surface area contributed by atoms with Crippen molar-refractivity contribution in [3.8, 4) is 0 Å². The number of nitrogens with two attached hydrogens (primary N) is 1. The molecule has 4 rings (SSSR count). The highest BCUT2D eigenvalue weighted by Crippen LogP contribution is 2.34. The summed E-state index contributed by atoms with van der Waals surface area (Å²) in [4.78, 5) is 14.5. The fraction of sp³-hybridized carbons (Fsp3) is 0.545. The van der Waals surface area contributed by atoms with E-state index in [1.54, 1.807) is 25.4 Å². The summed E-state index contributed by atoms with van der Waals surface area (Å²) < 4.78 is 20.5. The molecule has 162 valence electrons. The van der Waals surface area contributed by atoms with Gasteiger partial charge in [-0.2, -0.15) is 5.10 Å². The number of ether oxygens (including phenoxy) is 1. The number of nitrogens with one attached hydrogen (secondary N) is 1. The van der Waals surface area contributed by atoms with Gasteiger partial charge >= 0.3 is 0 Å². The molecule has 2 aliphatic rings. The molecule has 2 heterocycles. The van der Waals surface area contributed by atoms with Crippen LogP contribution in [0.4, 0.5) is 15.9 Å². The van der Waals surface area contributed by atoms with E-state index in [2.05, 4.69) is 22.2 Å². The molecule has 1 amide bonds. The monoisotopic (exact) mass is 415 g/mol. The van der Waals surface area contributed by atoms with Crippen molar-refractivity contribution in [3.05, 3.63) is 41.8 Å². The zero-order valence-corrected chi connectivity index (χ0v) is 17.6. The number of hydrogen-bond donors (Lipinski definition) is 2. The highest BCUT2D eigenvalue weighted by Gasteiger charge is 2.34. The molecule has 7 nitrogen and oxygen atoms in total. The number of primary amides is 1. The van der Waals surface area contributed by atoms with Gasteiger partial charge in [0.2, 0.25) is 0 Å². The zero-order valence-electron chi connectivity index (χ0n) is 17.6. The molecule has 3 N–H and O–H groups in total. The molecule has 1 saturated heterocycles. The zero-order chi connectivity index (χ0) is 21.3. The van der Waals surface area contributed by atoms with E-state index >= 15 is 0 Å². The van der Waals surface area contributed by atoms with Gasteiger partial charge in [-0.1, -0.05) is 6.92 Å². The molecule has 0 spiro atoms. The predicted octanol–water partition coefficient (Wildman–Crippen LogP) is 3.17. The first kappa shape index (κ1) is 20.8. The number of amides is 1. The molecule has 1 aliphatic carbocycles. The van der Waals surface area contributed by atoms with Crippen molar-refractivity contribution in [2.24, 2.45) is 17.6 Å². The van der Waals surface area contributed by atoms with Crippen LogP contribution in [0.3, 0.4) is 0 Å². The van der Waals surface area contributed by atoms with Crippen molar-refractivity contribution in [1.82, 2.24) is 14.7 Å². The van der Waals surface area contributed by atoms with E-state index < -0.39 is 5.91 Å². The summed E-state index contributed by atoms with van der Waals surface area (Å²) in [5.74, 6) is 0.680. The molecule has 2 atom stereocenters. The van der Waals surface area contributed by atoms with Gasteiger partial charge in [0.1, 0.15) is 11.4 Å². The Morgan fingerprint density at radius 1 is 1.33 bits per heavy atom. The molecule has 1 unspecified atom stereocenters. The Morgan fingerprint density at radius 3 is 2.73 bits per heavy atom. The molecule has 0 bridgehead atoms. The standard InChI is InChI=1S/C22H30FN5O2/c1-14-7-8-27(11-15-9-18(10-15)30-2)13-20(14)28-12-19(21(24)29)22(26-28)25-17-5-3-16(23)4-6-17/h3-6,12,14-15,18,20H,7-11,13H2,1-2H3,(H2,24,29)(H,25,26)/t14-,15?,18?,20?/m1/s1. The number of carbonyl (C=O) groups excluding carboxylic acids is 1. The lowest BCUT2D eigenvalue weighted by Crippen LogP contribution is -2.46. The van der Waals surface area contributed by atoms with Crippen LogP contribution in [0.15, 0.2) is 30.5 Å². The van der Waals surface area contributed by atoms with Gasteiger partial charge in [0.25, 0.3) is 5.91 Å². The van der Waals surface area contributed by atoms with E-state index in [-0.39, 0.29) is 11.9 Å². The summed E-state index contributed by atoms with van der Waals surface area (Å²) in [5.41, 5.74) is 6.59. The van der Waals surface area contributed by atoms with Gasteiger partial charge in [0.05, 0.1) is 12.1 Å². The normalized spacial score (nSPS) is 26.9. The number of methoxy groups -OCH3 is 1. The average molecular weight is 416 g/mol. The lowest BCUT2D eigenvalue weighted by Gasteiger charge is -2.42. The minimum absolute atomic E-state index is 0.166. The summed E-state index contributed by atoms with van der Waals surface area (Å²) in [6.45, 7) is 5.28. The Morgan fingerprint density at radius 2 is 2.07 bits per heavy atom. The van der Waals surface area contributed by atoms with E-state index in [0.29, 0.717) is 35.0 Å². The van der Waals surface area contributed by atoms with Gasteiger partial charge in [0, 0.05) is 32.1 Å². The molecule has 30 heavy (non-hydrogen) atoms. The highest BCUT2D eigenvalue weighted by atomic mass is 19.1. The van der Waals surface area contributed by atoms with Crippen LogP contribution in [-0.4, -0.2) is 53.4 Å². The number of nitrogens with zero attached hydrogens (tertiary/aromatic N) is 3. The van der Waals surface area contributed by atoms with E-state index in [4.69, 9.17) is 10.5 Å². The molecule has 1 aromatic heterocycles. The molecule has 1 saturated carbocycles. The fourth-order valence-electron chi connectivity index (χ4n) is 4.51. The SMILES string of the molecule is COC1CC(CN2CC[C@@H](C)C(n3cc(C(N)=O)c(Nc4ccc(F)cc4)n3)C2)C1. The lowest BCUT2D eigenvalue weighted by molar-refractivity contribution is -0.0176. The lowest BCUT2D eigenvalue weighted by atomic mass is 9.81. The number of halogens is 1. The number of piperidine rings is 1. The van der Waals surface area contributed by atoms with Crippen LogP contribution in [-0.2, 0) is 4.74 Å². The Hall–Kier alpha value is -2.45. The smallest absolute Gasteiger partial charge is 0.254 e. The number of hydrogen-bond acceptors (Lipinski definition) is 5. The highest BCUT2D eigenvalue weighted by molar-refractivity contribution is 5.98. The number of aromatic nitrogens is 2. The number of anilines is 2. The first-order valence-corrected chi connectivity index (χ1v) is 10.6. The van der Waals surface area contributed by atoms with Crippen LogP contribution in [0.25, 0.3) is 0 Å². The van der Waals surface area contributed by atoms with Crippen LogP contribution in [0.2, 0.25) is 0 Å². The third-order valence-electron chi connectivity index (χ3n) is 6.49. The molecule has 1 aromatic carbocycles.